The molecule has 0 unspecified atom stereocenters. The first-order valence-electron chi connectivity index (χ1n) is 13.8. The van der Waals surface area contributed by atoms with Gasteiger partial charge in [-0.2, -0.15) is 0 Å². The Bertz CT molecular complexity index is 1240. The lowest BCUT2D eigenvalue weighted by Crippen LogP contribution is -2.44. The zero-order valence-corrected chi connectivity index (χ0v) is 23.1. The van der Waals surface area contributed by atoms with Gasteiger partial charge < -0.3 is 10.1 Å². The highest BCUT2D eigenvalue weighted by Crippen LogP contribution is 2.45. The molecule has 0 spiro atoms. The van der Waals surface area contributed by atoms with Gasteiger partial charge in [0.05, 0.1) is 19.1 Å². The first-order chi connectivity index (χ1) is 19.5. The van der Waals surface area contributed by atoms with Crippen LogP contribution >= 0.6 is 0 Å². The molecule has 3 aromatic carbocycles. The molecule has 0 saturated heterocycles. The van der Waals surface area contributed by atoms with Gasteiger partial charge in [0.15, 0.2) is 6.10 Å². The summed E-state index contributed by atoms with van der Waals surface area (Å²) in [4.78, 5) is 44.9. The van der Waals surface area contributed by atoms with Crippen LogP contribution < -0.4 is 5.32 Å². The van der Waals surface area contributed by atoms with Crippen molar-refractivity contribution < 1.29 is 24.0 Å². The number of unbranched alkanes of at least 4 members (excludes halogenated alkanes) is 2. The lowest BCUT2D eigenvalue weighted by Gasteiger charge is -2.25. The van der Waals surface area contributed by atoms with Gasteiger partial charge in [-0.15, -0.1) is 0 Å². The normalized spacial score (nSPS) is 12.7. The Morgan fingerprint density at radius 3 is 2.17 bits per heavy atom. The number of nitrogens with zero attached hydrogens (tertiary/aromatic N) is 2. The Morgan fingerprint density at radius 2 is 1.55 bits per heavy atom. The van der Waals surface area contributed by atoms with Crippen molar-refractivity contribution in [3.8, 4) is 11.1 Å². The molecule has 3 aromatic rings. The van der Waals surface area contributed by atoms with E-state index in [-0.39, 0.29) is 25.7 Å². The van der Waals surface area contributed by atoms with Crippen molar-refractivity contribution in [1.82, 2.24) is 15.3 Å². The number of benzene rings is 3. The maximum atomic E-state index is 13.2. The van der Waals surface area contributed by atoms with Gasteiger partial charge in [-0.05, 0) is 23.1 Å². The molecule has 3 amide bonds. The highest BCUT2D eigenvalue weighted by Gasteiger charge is 2.32. The number of rotatable bonds is 14. The lowest BCUT2D eigenvalue weighted by atomic mass is 10.00. The molecule has 1 N–H and O–H groups in total. The van der Waals surface area contributed by atoms with Gasteiger partial charge in [0, 0.05) is 18.2 Å². The fraction of sp³-hybridized carbons (Fsp3) is 0.344. The van der Waals surface area contributed by atoms with Crippen molar-refractivity contribution in [2.75, 3.05) is 20.3 Å². The number of hydroxylamine groups is 2. The number of nitrogens with one attached hydrogen (secondary N) is 1. The molecule has 0 saturated carbocycles. The molecule has 8 heteroatoms. The van der Waals surface area contributed by atoms with E-state index in [0.29, 0.717) is 12.8 Å². The first-order valence-corrected chi connectivity index (χ1v) is 13.8. The molecule has 0 aromatic heterocycles. The van der Waals surface area contributed by atoms with Gasteiger partial charge >= 0.3 is 6.09 Å². The summed E-state index contributed by atoms with van der Waals surface area (Å²) in [5.41, 5.74) is 4.91. The van der Waals surface area contributed by atoms with Gasteiger partial charge in [-0.3, -0.25) is 19.3 Å². The van der Waals surface area contributed by atoms with E-state index >= 15 is 0 Å². The third-order valence-corrected chi connectivity index (χ3v) is 7.08. The predicted molar refractivity (Wildman–Crippen MR) is 153 cm³/mol. The zero-order chi connectivity index (χ0) is 28.3. The quantitative estimate of drug-likeness (QED) is 0.122. The Morgan fingerprint density at radius 1 is 0.925 bits per heavy atom. The van der Waals surface area contributed by atoms with Crippen molar-refractivity contribution >= 4 is 18.4 Å². The average molecular weight is 544 g/mol. The van der Waals surface area contributed by atoms with Crippen molar-refractivity contribution in [3.63, 3.8) is 0 Å². The van der Waals surface area contributed by atoms with E-state index in [1.54, 1.807) is 7.05 Å². The number of amides is 3. The van der Waals surface area contributed by atoms with E-state index in [9.17, 15) is 14.4 Å². The standard InChI is InChI=1S/C32H37N3O5/c1-3-4-6-15-25(20-35(23-36)39-21-24-13-7-5-8-14-24)31(37)33-22-34(2)32(38)40-30-28-18-11-9-16-26(28)27-17-10-12-19-29(27)30/h5,7-14,16-19,23,25,30H,3-4,6,15,20-22H2,1-2H3,(H,33,37)/t25-/m1/s1. The van der Waals surface area contributed by atoms with E-state index in [0.717, 1.165) is 47.1 Å². The number of hydrogen-bond acceptors (Lipinski definition) is 5. The molecule has 1 atom stereocenters. The van der Waals surface area contributed by atoms with Crippen LogP contribution in [0.4, 0.5) is 4.79 Å². The maximum absolute atomic E-state index is 13.2. The van der Waals surface area contributed by atoms with Gasteiger partial charge in [0.1, 0.15) is 6.61 Å². The lowest BCUT2D eigenvalue weighted by molar-refractivity contribution is -0.182. The second-order valence-corrected chi connectivity index (χ2v) is 9.99. The van der Waals surface area contributed by atoms with E-state index < -0.39 is 18.1 Å². The summed E-state index contributed by atoms with van der Waals surface area (Å²) in [7, 11) is 1.59. The first kappa shape index (κ1) is 28.8. The Hall–Kier alpha value is -4.17. The van der Waals surface area contributed by atoms with Crippen LogP contribution in [0.2, 0.25) is 0 Å². The molecule has 0 fully saturated rings. The molecule has 4 rings (SSSR count). The largest absolute Gasteiger partial charge is 0.436 e. The molecule has 1 aliphatic rings. The van der Waals surface area contributed by atoms with E-state index in [1.165, 1.54) is 9.96 Å². The van der Waals surface area contributed by atoms with Crippen LogP contribution in [0.5, 0.6) is 0 Å². The fourth-order valence-corrected chi connectivity index (χ4v) is 4.85. The molecule has 0 bridgehead atoms. The smallest absolute Gasteiger partial charge is 0.411 e. The predicted octanol–water partition coefficient (Wildman–Crippen LogP) is 5.69. The molecule has 1 aliphatic carbocycles. The molecular formula is C32H37N3O5. The van der Waals surface area contributed by atoms with Crippen molar-refractivity contribution in [3.05, 3.63) is 95.6 Å². The zero-order valence-electron chi connectivity index (χ0n) is 23.1. The summed E-state index contributed by atoms with van der Waals surface area (Å²) < 4.78 is 5.92. The van der Waals surface area contributed by atoms with Crippen LogP contribution in [0.25, 0.3) is 11.1 Å². The summed E-state index contributed by atoms with van der Waals surface area (Å²) in [5, 5.41) is 4.02. The molecule has 40 heavy (non-hydrogen) atoms. The topological polar surface area (TPSA) is 88.2 Å². The molecule has 8 nitrogen and oxygen atoms in total. The maximum Gasteiger partial charge on any atom is 0.411 e. The molecule has 0 heterocycles. The van der Waals surface area contributed by atoms with E-state index in [4.69, 9.17) is 9.57 Å². The monoisotopic (exact) mass is 543 g/mol. The Balaban J connectivity index is 1.34. The Labute approximate surface area is 235 Å². The van der Waals surface area contributed by atoms with E-state index in [1.807, 2.05) is 78.9 Å². The van der Waals surface area contributed by atoms with Crippen LogP contribution in [0.15, 0.2) is 78.9 Å². The average Bonchev–Trinajstić information content (AvgIpc) is 3.31. The summed E-state index contributed by atoms with van der Waals surface area (Å²) >= 11 is 0. The van der Waals surface area contributed by atoms with Gasteiger partial charge in [0.2, 0.25) is 12.3 Å². The summed E-state index contributed by atoms with van der Waals surface area (Å²) in [6.45, 7) is 2.42. The molecule has 210 valence electrons. The summed E-state index contributed by atoms with van der Waals surface area (Å²) in [5.74, 6) is -0.729. The number of ether oxygens (including phenoxy) is 1. The highest BCUT2D eigenvalue weighted by atomic mass is 16.7. The molecule has 0 aliphatic heterocycles. The van der Waals surface area contributed by atoms with Crippen molar-refractivity contribution in [1.29, 1.82) is 0 Å². The number of carbonyl (C=O) groups excluding carboxylic acids is 3. The molecule has 0 radical (unpaired) electrons. The van der Waals surface area contributed by atoms with Crippen LogP contribution in [-0.2, 0) is 25.8 Å². The SMILES string of the molecule is CCCCC[C@H](CN(C=O)OCc1ccccc1)C(=O)NCN(C)C(=O)OC1c2ccccc2-c2ccccc21. The Kier molecular flexibility index (Phi) is 10.3. The fourth-order valence-electron chi connectivity index (χ4n) is 4.85. The van der Waals surface area contributed by atoms with Crippen LogP contribution in [0, 0.1) is 5.92 Å². The third-order valence-electron chi connectivity index (χ3n) is 7.08. The van der Waals surface area contributed by atoms with E-state index in [2.05, 4.69) is 12.2 Å². The second kappa shape index (κ2) is 14.3. The van der Waals surface area contributed by atoms with Gasteiger partial charge in [-0.1, -0.05) is 105 Å². The second-order valence-electron chi connectivity index (χ2n) is 9.99. The number of hydrogen-bond donors (Lipinski definition) is 1. The highest BCUT2D eigenvalue weighted by molar-refractivity contribution is 5.81. The minimum absolute atomic E-state index is 0.0239. The van der Waals surface area contributed by atoms with Crippen LogP contribution in [-0.4, -0.2) is 48.6 Å². The molecular weight excluding hydrogens is 506 g/mol. The number of carbonyl (C=O) groups is 3. The minimum atomic E-state index is -0.542. The summed E-state index contributed by atoms with van der Waals surface area (Å²) in [6.07, 6.45) is 2.98. The minimum Gasteiger partial charge on any atom is -0.436 e. The van der Waals surface area contributed by atoms with Gasteiger partial charge in [0.25, 0.3) is 0 Å². The van der Waals surface area contributed by atoms with Crippen LogP contribution in [0.1, 0.15) is 55.4 Å². The van der Waals surface area contributed by atoms with Gasteiger partial charge in [-0.25, -0.2) is 9.86 Å². The van der Waals surface area contributed by atoms with Crippen molar-refractivity contribution in [2.45, 2.75) is 45.3 Å². The van der Waals surface area contributed by atoms with Crippen molar-refractivity contribution in [2.24, 2.45) is 5.92 Å². The summed E-state index contributed by atoms with van der Waals surface area (Å²) in [6, 6.07) is 25.3. The van der Waals surface area contributed by atoms with Crippen LogP contribution in [0.3, 0.4) is 0 Å². The number of fused-ring (bicyclic) bond motifs is 3. The third kappa shape index (κ3) is 7.27.